The van der Waals surface area contributed by atoms with Crippen LogP contribution in [-0.2, 0) is 13.1 Å². The first-order valence-electron chi connectivity index (χ1n) is 6.11. The number of hydrogen-bond acceptors (Lipinski definition) is 4. The van der Waals surface area contributed by atoms with E-state index in [2.05, 4.69) is 46.7 Å². The van der Waals surface area contributed by atoms with Crippen LogP contribution in [0.25, 0.3) is 0 Å². The predicted octanol–water partition coefficient (Wildman–Crippen LogP) is 1.08. The highest BCUT2D eigenvalue weighted by Crippen LogP contribution is 2.24. The molecule has 0 fully saturated rings. The molecule has 2 aliphatic rings. The quantitative estimate of drug-likeness (QED) is 0.758. The third-order valence-electron chi connectivity index (χ3n) is 3.48. The Labute approximate surface area is 102 Å². The van der Waals surface area contributed by atoms with Crippen LogP contribution in [0.1, 0.15) is 22.3 Å². The molecule has 0 unspecified atom stereocenters. The van der Waals surface area contributed by atoms with Crippen LogP contribution in [0.3, 0.4) is 0 Å². The van der Waals surface area contributed by atoms with Crippen molar-refractivity contribution in [3.63, 3.8) is 0 Å². The molecule has 4 heteroatoms. The predicted molar refractivity (Wildman–Crippen MR) is 68.6 cm³/mol. The van der Waals surface area contributed by atoms with Crippen molar-refractivity contribution in [2.45, 2.75) is 26.9 Å². The first-order valence-corrected chi connectivity index (χ1v) is 6.11. The number of fused-ring (bicyclic) bond motifs is 1. The lowest BCUT2D eigenvalue weighted by Crippen LogP contribution is -2.43. The summed E-state index contributed by atoms with van der Waals surface area (Å²) in [5.74, 6) is 0.909. The highest BCUT2D eigenvalue weighted by molar-refractivity contribution is 5.80. The zero-order chi connectivity index (χ0) is 11.8. The number of hydrogen-bond donors (Lipinski definition) is 2. The average molecular weight is 230 g/mol. The van der Waals surface area contributed by atoms with Crippen molar-refractivity contribution < 1.29 is 0 Å². The minimum Gasteiger partial charge on any atom is -0.353 e. The van der Waals surface area contributed by atoms with E-state index in [4.69, 9.17) is 0 Å². The standard InChI is InChI=1S/C13H18N4/c1-9-5-11-7-17(8-12(11)6-10(9)2)16-13-14-3-4-15-13/h5-6H,3-4,7-8H2,1-2H3,(H2,14,15,16). The number of nitrogens with one attached hydrogen (secondary N) is 2. The van der Waals surface area contributed by atoms with Gasteiger partial charge in [-0.1, -0.05) is 12.1 Å². The van der Waals surface area contributed by atoms with E-state index in [0.29, 0.717) is 0 Å². The summed E-state index contributed by atoms with van der Waals surface area (Å²) in [7, 11) is 0. The van der Waals surface area contributed by atoms with Crippen molar-refractivity contribution in [1.29, 1.82) is 0 Å². The van der Waals surface area contributed by atoms with Crippen LogP contribution < -0.4 is 10.7 Å². The Hall–Kier alpha value is -1.55. The van der Waals surface area contributed by atoms with Crippen molar-refractivity contribution in [1.82, 2.24) is 15.8 Å². The van der Waals surface area contributed by atoms with Crippen LogP contribution in [0.5, 0.6) is 0 Å². The third kappa shape index (κ3) is 2.00. The zero-order valence-corrected chi connectivity index (χ0v) is 10.4. The van der Waals surface area contributed by atoms with Gasteiger partial charge in [0, 0.05) is 19.6 Å². The van der Waals surface area contributed by atoms with Crippen molar-refractivity contribution in [3.05, 3.63) is 34.4 Å². The molecule has 0 radical (unpaired) electrons. The third-order valence-corrected chi connectivity index (χ3v) is 3.48. The largest absolute Gasteiger partial charge is 0.353 e. The Balaban J connectivity index is 1.74. The molecule has 0 atom stereocenters. The minimum atomic E-state index is 0.876. The molecule has 4 nitrogen and oxygen atoms in total. The van der Waals surface area contributed by atoms with Gasteiger partial charge in [-0.2, -0.15) is 0 Å². The van der Waals surface area contributed by atoms with Gasteiger partial charge >= 0.3 is 0 Å². The molecule has 0 saturated carbocycles. The maximum atomic E-state index is 4.35. The SMILES string of the molecule is Cc1cc2c(cc1C)CN(NC1=NCCN1)C2. The van der Waals surface area contributed by atoms with E-state index in [9.17, 15) is 0 Å². The van der Waals surface area contributed by atoms with E-state index >= 15 is 0 Å². The van der Waals surface area contributed by atoms with Crippen LogP contribution >= 0.6 is 0 Å². The van der Waals surface area contributed by atoms with Crippen LogP contribution in [-0.4, -0.2) is 24.1 Å². The Bertz CT molecular complexity index is 448. The minimum absolute atomic E-state index is 0.876. The second-order valence-electron chi connectivity index (χ2n) is 4.83. The Morgan fingerprint density at radius 3 is 2.35 bits per heavy atom. The molecule has 0 aliphatic carbocycles. The molecule has 2 aliphatic heterocycles. The first kappa shape index (κ1) is 10.6. The van der Waals surface area contributed by atoms with Gasteiger partial charge < -0.3 is 5.32 Å². The summed E-state index contributed by atoms with van der Waals surface area (Å²) in [6.45, 7) is 8.08. The monoisotopic (exact) mass is 230 g/mol. The number of aliphatic imine (C=N–C) groups is 1. The molecule has 3 rings (SSSR count). The summed E-state index contributed by atoms with van der Waals surface area (Å²) >= 11 is 0. The number of guanidine groups is 1. The molecule has 1 aromatic carbocycles. The fourth-order valence-electron chi connectivity index (χ4n) is 2.40. The highest BCUT2D eigenvalue weighted by atomic mass is 15.6. The molecule has 0 saturated heterocycles. The van der Waals surface area contributed by atoms with Gasteiger partial charge in [0.2, 0.25) is 5.96 Å². The van der Waals surface area contributed by atoms with Gasteiger partial charge in [0.1, 0.15) is 0 Å². The normalized spacial score (nSPS) is 18.8. The van der Waals surface area contributed by atoms with Gasteiger partial charge in [0.05, 0.1) is 6.54 Å². The van der Waals surface area contributed by atoms with E-state index in [1.807, 2.05) is 0 Å². The zero-order valence-electron chi connectivity index (χ0n) is 10.4. The summed E-state index contributed by atoms with van der Waals surface area (Å²) < 4.78 is 0. The van der Waals surface area contributed by atoms with Gasteiger partial charge in [-0.05, 0) is 36.1 Å². The highest BCUT2D eigenvalue weighted by Gasteiger charge is 2.21. The average Bonchev–Trinajstić information content (AvgIpc) is 2.89. The maximum Gasteiger partial charge on any atom is 0.206 e. The van der Waals surface area contributed by atoms with Crippen LogP contribution in [0.4, 0.5) is 0 Å². The molecular formula is C13H18N4. The lowest BCUT2D eigenvalue weighted by Gasteiger charge is -2.17. The van der Waals surface area contributed by atoms with Gasteiger partial charge in [0.15, 0.2) is 0 Å². The van der Waals surface area contributed by atoms with Crippen molar-refractivity contribution >= 4 is 5.96 Å². The summed E-state index contributed by atoms with van der Waals surface area (Å²) in [6.07, 6.45) is 0. The van der Waals surface area contributed by atoms with Gasteiger partial charge in [-0.25, -0.2) is 5.01 Å². The molecule has 17 heavy (non-hydrogen) atoms. The molecule has 90 valence electrons. The van der Waals surface area contributed by atoms with E-state index < -0.39 is 0 Å². The van der Waals surface area contributed by atoms with Crippen LogP contribution in [0, 0.1) is 13.8 Å². The van der Waals surface area contributed by atoms with E-state index in [0.717, 1.165) is 32.1 Å². The Morgan fingerprint density at radius 2 is 1.82 bits per heavy atom. The van der Waals surface area contributed by atoms with Crippen LogP contribution in [0.2, 0.25) is 0 Å². The second kappa shape index (κ2) is 4.04. The topological polar surface area (TPSA) is 39.7 Å². The number of nitrogens with zero attached hydrogens (tertiary/aromatic N) is 2. The fraction of sp³-hybridized carbons (Fsp3) is 0.462. The summed E-state index contributed by atoms with van der Waals surface area (Å²) in [6, 6.07) is 4.60. The van der Waals surface area contributed by atoms with E-state index in [1.54, 1.807) is 0 Å². The van der Waals surface area contributed by atoms with Gasteiger partial charge in [0.25, 0.3) is 0 Å². The van der Waals surface area contributed by atoms with Crippen molar-refractivity contribution in [2.24, 2.45) is 4.99 Å². The molecule has 0 bridgehead atoms. The maximum absolute atomic E-state index is 4.35. The summed E-state index contributed by atoms with van der Waals surface area (Å²) in [4.78, 5) is 4.35. The molecule has 1 aromatic rings. The summed E-state index contributed by atoms with van der Waals surface area (Å²) in [5.41, 5.74) is 8.95. The lowest BCUT2D eigenvalue weighted by atomic mass is 10.0. The van der Waals surface area contributed by atoms with Gasteiger partial charge in [-0.15, -0.1) is 0 Å². The molecule has 0 spiro atoms. The fourth-order valence-corrected chi connectivity index (χ4v) is 2.40. The summed E-state index contributed by atoms with van der Waals surface area (Å²) in [5, 5.41) is 5.44. The van der Waals surface area contributed by atoms with E-state index in [-0.39, 0.29) is 0 Å². The number of aryl methyl sites for hydroxylation is 2. The molecular weight excluding hydrogens is 212 g/mol. The number of hydrazine groups is 1. The van der Waals surface area contributed by atoms with Gasteiger partial charge in [-0.3, -0.25) is 10.4 Å². The van der Waals surface area contributed by atoms with Crippen molar-refractivity contribution in [2.75, 3.05) is 13.1 Å². The first-order chi connectivity index (χ1) is 8.22. The van der Waals surface area contributed by atoms with E-state index in [1.165, 1.54) is 22.3 Å². The molecule has 2 heterocycles. The Kier molecular flexibility index (Phi) is 2.52. The smallest absolute Gasteiger partial charge is 0.206 e. The number of rotatable bonds is 1. The molecule has 2 N–H and O–H groups in total. The molecule has 0 aromatic heterocycles. The van der Waals surface area contributed by atoms with Crippen LogP contribution in [0.15, 0.2) is 17.1 Å². The Morgan fingerprint density at radius 1 is 1.18 bits per heavy atom. The second-order valence-corrected chi connectivity index (χ2v) is 4.83. The van der Waals surface area contributed by atoms with Crippen molar-refractivity contribution in [3.8, 4) is 0 Å². The lowest BCUT2D eigenvalue weighted by molar-refractivity contribution is 0.239. The number of benzene rings is 1. The molecule has 0 amide bonds.